The standard InChI is InChI=1S/C27H38.C3H6.3C2H6/c1-8-11-26-21(9-2)18(6)25(10-3)27(26)19(7)23-13-16(4)12-22-17(5)14-20(27)15-24(22)23;1-3-2;3*1-2/h8-11,16-17,19-20,22-24H,2-3,12-15H2,1,4-7H3;3H,1H2,2H3;3*1-2H3/b11-8-;;;;. The van der Waals surface area contributed by atoms with Gasteiger partial charge in [-0.05, 0) is 110 Å². The van der Waals surface area contributed by atoms with Gasteiger partial charge in [0.2, 0.25) is 0 Å². The Labute approximate surface area is 227 Å². The molecule has 3 fully saturated rings. The van der Waals surface area contributed by atoms with Crippen molar-refractivity contribution in [1.29, 1.82) is 0 Å². The van der Waals surface area contributed by atoms with Crippen molar-refractivity contribution < 1.29 is 0 Å². The molecule has 0 nitrogen and oxygen atoms in total. The molecule has 2 bridgehead atoms. The van der Waals surface area contributed by atoms with Crippen LogP contribution < -0.4 is 0 Å². The lowest BCUT2D eigenvalue weighted by Gasteiger charge is -2.63. The van der Waals surface area contributed by atoms with Crippen LogP contribution in [0.25, 0.3) is 0 Å². The SMILES string of the molecule is C=CC.C=CC1=C(/C=C\C)C2(C(C=C)=C1C)C1CC(C)C3CC(C)CC(C3C1)C2C.CC.CC.CC. The van der Waals surface area contributed by atoms with Gasteiger partial charge in [0.1, 0.15) is 0 Å². The first kappa shape index (κ1) is 34.4. The number of rotatable bonds is 3. The summed E-state index contributed by atoms with van der Waals surface area (Å²) in [6, 6.07) is 0. The van der Waals surface area contributed by atoms with Gasteiger partial charge in [-0.25, -0.2) is 0 Å². The topological polar surface area (TPSA) is 0 Å². The summed E-state index contributed by atoms with van der Waals surface area (Å²) < 4.78 is 0. The van der Waals surface area contributed by atoms with Gasteiger partial charge in [0.05, 0.1) is 0 Å². The Balaban J connectivity index is 0.00000122. The molecule has 4 rings (SSSR count). The molecular weight excluding hydrogens is 432 g/mol. The molecule has 0 heteroatoms. The largest absolute Gasteiger partial charge is 0.103 e. The fraction of sp³-hybridized carbons (Fsp3) is 0.667. The fourth-order valence-electron chi connectivity index (χ4n) is 8.34. The first-order chi connectivity index (χ1) is 17.3. The molecule has 0 N–H and O–H groups in total. The predicted octanol–water partition coefficient (Wildman–Crippen LogP) is 11.8. The second-order valence-electron chi connectivity index (χ2n) is 10.6. The van der Waals surface area contributed by atoms with Gasteiger partial charge in [0, 0.05) is 5.41 Å². The van der Waals surface area contributed by atoms with E-state index in [2.05, 4.69) is 78.7 Å². The molecule has 3 saturated carbocycles. The van der Waals surface area contributed by atoms with E-state index in [0.717, 1.165) is 35.5 Å². The second-order valence-corrected chi connectivity index (χ2v) is 10.6. The molecule has 36 heavy (non-hydrogen) atoms. The molecule has 4 aliphatic carbocycles. The van der Waals surface area contributed by atoms with Gasteiger partial charge in [0.15, 0.2) is 0 Å². The zero-order valence-corrected chi connectivity index (χ0v) is 26.4. The van der Waals surface area contributed by atoms with Crippen LogP contribution in [-0.4, -0.2) is 0 Å². The molecule has 8 unspecified atom stereocenters. The van der Waals surface area contributed by atoms with Crippen molar-refractivity contribution in [2.75, 3.05) is 0 Å². The third-order valence-corrected chi connectivity index (χ3v) is 9.13. The molecule has 0 aliphatic heterocycles. The minimum atomic E-state index is 0.152. The highest BCUT2D eigenvalue weighted by atomic mass is 14.7. The van der Waals surface area contributed by atoms with Gasteiger partial charge in [-0.3, -0.25) is 0 Å². The van der Waals surface area contributed by atoms with E-state index < -0.39 is 0 Å². The van der Waals surface area contributed by atoms with Crippen molar-refractivity contribution in [3.63, 3.8) is 0 Å². The minimum Gasteiger partial charge on any atom is -0.103 e. The summed E-state index contributed by atoms with van der Waals surface area (Å²) in [6.07, 6.45) is 16.4. The molecule has 0 aromatic carbocycles. The monoisotopic (exact) mass is 494 g/mol. The normalized spacial score (nSPS) is 35.7. The molecule has 0 radical (unpaired) electrons. The lowest BCUT2D eigenvalue weighted by Crippen LogP contribution is -2.56. The number of hydrogen-bond donors (Lipinski definition) is 0. The smallest absolute Gasteiger partial charge is 0.0268 e. The Bertz CT molecular complexity index is 787. The first-order valence-electron chi connectivity index (χ1n) is 15.2. The Hall–Kier alpha value is -1.56. The lowest BCUT2D eigenvalue weighted by atomic mass is 9.41. The van der Waals surface area contributed by atoms with Crippen molar-refractivity contribution in [2.45, 2.75) is 109 Å². The van der Waals surface area contributed by atoms with Crippen LogP contribution in [0.2, 0.25) is 0 Å². The molecule has 0 saturated heterocycles. The lowest BCUT2D eigenvalue weighted by molar-refractivity contribution is -0.105. The highest BCUT2D eigenvalue weighted by Gasteiger charge is 2.62. The van der Waals surface area contributed by atoms with Crippen LogP contribution in [0.4, 0.5) is 0 Å². The highest BCUT2D eigenvalue weighted by Crippen LogP contribution is 2.70. The van der Waals surface area contributed by atoms with Crippen LogP contribution in [0, 0.1) is 46.8 Å². The van der Waals surface area contributed by atoms with Gasteiger partial charge >= 0.3 is 0 Å². The summed E-state index contributed by atoms with van der Waals surface area (Å²) in [7, 11) is 0. The van der Waals surface area contributed by atoms with E-state index in [0.29, 0.717) is 5.92 Å². The zero-order chi connectivity index (χ0) is 28.2. The summed E-state index contributed by atoms with van der Waals surface area (Å²) >= 11 is 0. The average molecular weight is 495 g/mol. The van der Waals surface area contributed by atoms with Crippen LogP contribution in [0.3, 0.4) is 0 Å². The van der Waals surface area contributed by atoms with E-state index in [4.69, 9.17) is 0 Å². The Morgan fingerprint density at radius 3 is 1.72 bits per heavy atom. The van der Waals surface area contributed by atoms with Crippen molar-refractivity contribution in [2.24, 2.45) is 46.8 Å². The van der Waals surface area contributed by atoms with E-state index >= 15 is 0 Å². The van der Waals surface area contributed by atoms with Crippen molar-refractivity contribution in [3.05, 3.63) is 72.4 Å². The maximum absolute atomic E-state index is 4.32. The van der Waals surface area contributed by atoms with Gasteiger partial charge in [-0.15, -0.1) is 6.58 Å². The minimum absolute atomic E-state index is 0.152. The van der Waals surface area contributed by atoms with Gasteiger partial charge < -0.3 is 0 Å². The quantitative estimate of drug-likeness (QED) is 0.342. The molecule has 206 valence electrons. The summed E-state index contributed by atoms with van der Waals surface area (Å²) in [5.74, 6) is 5.92. The summed E-state index contributed by atoms with van der Waals surface area (Å²) in [6.45, 7) is 37.9. The van der Waals surface area contributed by atoms with E-state index in [1.165, 1.54) is 42.4 Å². The molecule has 0 aromatic rings. The number of allylic oxidation sites excluding steroid dienone is 9. The Morgan fingerprint density at radius 1 is 0.722 bits per heavy atom. The Kier molecular flexibility index (Phi) is 15.6. The summed E-state index contributed by atoms with van der Waals surface area (Å²) in [5, 5.41) is 0. The number of hydrogen-bond acceptors (Lipinski definition) is 0. The van der Waals surface area contributed by atoms with Crippen molar-refractivity contribution in [1.82, 2.24) is 0 Å². The van der Waals surface area contributed by atoms with E-state index in [1.54, 1.807) is 11.6 Å². The predicted molar refractivity (Wildman–Crippen MR) is 167 cm³/mol. The first-order valence-corrected chi connectivity index (χ1v) is 15.2. The molecule has 1 spiro atoms. The summed E-state index contributed by atoms with van der Waals surface area (Å²) in [4.78, 5) is 0. The average Bonchev–Trinajstić information content (AvgIpc) is 3.14. The van der Waals surface area contributed by atoms with Gasteiger partial charge in [-0.2, -0.15) is 0 Å². The molecule has 0 heterocycles. The fourth-order valence-corrected chi connectivity index (χ4v) is 8.34. The third kappa shape index (κ3) is 5.95. The van der Waals surface area contributed by atoms with E-state index in [1.807, 2.05) is 48.5 Å². The van der Waals surface area contributed by atoms with Crippen molar-refractivity contribution >= 4 is 0 Å². The molecular formula is C36H62. The van der Waals surface area contributed by atoms with Crippen LogP contribution in [0.15, 0.2) is 72.4 Å². The zero-order valence-electron chi connectivity index (χ0n) is 26.4. The number of fused-ring (bicyclic) bond motifs is 2. The van der Waals surface area contributed by atoms with Crippen LogP contribution in [0.5, 0.6) is 0 Å². The maximum atomic E-state index is 4.32. The third-order valence-electron chi connectivity index (χ3n) is 9.13. The van der Waals surface area contributed by atoms with Crippen LogP contribution >= 0.6 is 0 Å². The van der Waals surface area contributed by atoms with E-state index in [9.17, 15) is 0 Å². The van der Waals surface area contributed by atoms with Crippen LogP contribution in [0.1, 0.15) is 109 Å². The molecule has 4 aliphatic rings. The van der Waals surface area contributed by atoms with Crippen LogP contribution in [-0.2, 0) is 0 Å². The summed E-state index contributed by atoms with van der Waals surface area (Å²) in [5.41, 5.74) is 6.03. The molecule has 0 aromatic heterocycles. The highest BCUT2D eigenvalue weighted by molar-refractivity contribution is 5.64. The second kappa shape index (κ2) is 16.3. The molecule has 0 amide bonds. The Morgan fingerprint density at radius 2 is 1.25 bits per heavy atom. The molecule has 8 atom stereocenters. The van der Waals surface area contributed by atoms with E-state index in [-0.39, 0.29) is 5.41 Å². The van der Waals surface area contributed by atoms with Gasteiger partial charge in [-0.1, -0.05) is 106 Å². The van der Waals surface area contributed by atoms with Gasteiger partial charge in [0.25, 0.3) is 0 Å². The van der Waals surface area contributed by atoms with Crippen molar-refractivity contribution in [3.8, 4) is 0 Å². The maximum Gasteiger partial charge on any atom is 0.0268 e.